The van der Waals surface area contributed by atoms with E-state index >= 15 is 0 Å². The SMILES string of the molecule is COCC1(C(=O)O)CCCN1C(=O)c1cn(C)nc1C. The lowest BCUT2D eigenvalue weighted by atomic mass is 9.96. The molecule has 1 saturated heterocycles. The first-order valence-corrected chi connectivity index (χ1v) is 6.47. The van der Waals surface area contributed by atoms with Crippen molar-refractivity contribution in [1.29, 1.82) is 0 Å². The maximum Gasteiger partial charge on any atom is 0.332 e. The normalized spacial score (nSPS) is 22.2. The lowest BCUT2D eigenvalue weighted by Crippen LogP contribution is -2.56. The predicted molar refractivity (Wildman–Crippen MR) is 70.5 cm³/mol. The van der Waals surface area contributed by atoms with Gasteiger partial charge in [-0.15, -0.1) is 0 Å². The minimum Gasteiger partial charge on any atom is -0.479 e. The highest BCUT2D eigenvalue weighted by atomic mass is 16.5. The first-order valence-electron chi connectivity index (χ1n) is 6.47. The smallest absolute Gasteiger partial charge is 0.332 e. The highest BCUT2D eigenvalue weighted by Gasteiger charge is 2.50. The zero-order chi connectivity index (χ0) is 14.9. The van der Waals surface area contributed by atoms with Crippen LogP contribution in [0, 0.1) is 6.92 Å². The van der Waals surface area contributed by atoms with Crippen molar-refractivity contribution in [2.24, 2.45) is 7.05 Å². The first kappa shape index (κ1) is 14.5. The molecular formula is C13H19N3O4. The Kier molecular flexibility index (Phi) is 3.80. The number of methoxy groups -OCH3 is 1. The van der Waals surface area contributed by atoms with Crippen molar-refractivity contribution in [1.82, 2.24) is 14.7 Å². The molecule has 20 heavy (non-hydrogen) atoms. The summed E-state index contributed by atoms with van der Waals surface area (Å²) in [6.45, 7) is 2.15. The van der Waals surface area contributed by atoms with E-state index in [-0.39, 0.29) is 12.5 Å². The summed E-state index contributed by atoms with van der Waals surface area (Å²) >= 11 is 0. The van der Waals surface area contributed by atoms with Gasteiger partial charge in [0.1, 0.15) is 0 Å². The van der Waals surface area contributed by atoms with Crippen molar-refractivity contribution in [3.05, 3.63) is 17.5 Å². The predicted octanol–water partition coefficient (Wildman–Crippen LogP) is 0.434. The molecule has 2 rings (SSSR count). The van der Waals surface area contributed by atoms with E-state index in [0.29, 0.717) is 30.6 Å². The number of carboxylic acid groups (broad SMARTS) is 1. The highest BCUT2D eigenvalue weighted by molar-refractivity contribution is 5.99. The fourth-order valence-electron chi connectivity index (χ4n) is 2.80. The van der Waals surface area contributed by atoms with E-state index in [1.54, 1.807) is 24.9 Å². The van der Waals surface area contributed by atoms with Gasteiger partial charge in [0.2, 0.25) is 0 Å². The van der Waals surface area contributed by atoms with Crippen LogP contribution >= 0.6 is 0 Å². The van der Waals surface area contributed by atoms with Gasteiger partial charge in [0.25, 0.3) is 5.91 Å². The van der Waals surface area contributed by atoms with Gasteiger partial charge in [-0.25, -0.2) is 4.79 Å². The Morgan fingerprint density at radius 3 is 2.75 bits per heavy atom. The van der Waals surface area contributed by atoms with Gasteiger partial charge < -0.3 is 14.7 Å². The van der Waals surface area contributed by atoms with Gasteiger partial charge in [-0.05, 0) is 19.8 Å². The number of nitrogens with zero attached hydrogens (tertiary/aromatic N) is 3. The van der Waals surface area contributed by atoms with Gasteiger partial charge in [-0.2, -0.15) is 5.10 Å². The summed E-state index contributed by atoms with van der Waals surface area (Å²) in [5.74, 6) is -1.32. The average molecular weight is 281 g/mol. The van der Waals surface area contributed by atoms with Crippen LogP contribution in [0.4, 0.5) is 0 Å². The van der Waals surface area contributed by atoms with Gasteiger partial charge in [0, 0.05) is 26.9 Å². The zero-order valence-corrected chi connectivity index (χ0v) is 11.9. The molecule has 1 fully saturated rings. The van der Waals surface area contributed by atoms with E-state index in [2.05, 4.69) is 5.10 Å². The summed E-state index contributed by atoms with van der Waals surface area (Å²) in [6, 6.07) is 0. The van der Waals surface area contributed by atoms with Crippen LogP contribution in [0.15, 0.2) is 6.20 Å². The summed E-state index contributed by atoms with van der Waals surface area (Å²) in [5, 5.41) is 13.7. The fraction of sp³-hybridized carbons (Fsp3) is 0.615. The molecule has 1 atom stereocenters. The van der Waals surface area contributed by atoms with Crippen molar-refractivity contribution in [3.63, 3.8) is 0 Å². The van der Waals surface area contributed by atoms with Crippen LogP contribution in [-0.4, -0.2) is 57.5 Å². The summed E-state index contributed by atoms with van der Waals surface area (Å²) < 4.78 is 6.60. The number of carboxylic acids is 1. The minimum absolute atomic E-state index is 0.00656. The number of aromatic nitrogens is 2. The second-order valence-electron chi connectivity index (χ2n) is 5.13. The molecule has 1 aliphatic rings. The second-order valence-corrected chi connectivity index (χ2v) is 5.13. The molecule has 1 aromatic heterocycles. The van der Waals surface area contributed by atoms with Gasteiger partial charge in [0.15, 0.2) is 5.54 Å². The number of rotatable bonds is 4. The van der Waals surface area contributed by atoms with E-state index < -0.39 is 11.5 Å². The third-order valence-corrected chi connectivity index (χ3v) is 3.76. The molecule has 7 heteroatoms. The Labute approximate surface area is 117 Å². The van der Waals surface area contributed by atoms with Crippen LogP contribution in [0.2, 0.25) is 0 Å². The van der Waals surface area contributed by atoms with Gasteiger partial charge >= 0.3 is 5.97 Å². The number of aliphatic carboxylic acids is 1. The minimum atomic E-state index is -1.27. The molecule has 1 aromatic rings. The van der Waals surface area contributed by atoms with Crippen LogP contribution in [0.25, 0.3) is 0 Å². The second kappa shape index (κ2) is 5.24. The van der Waals surface area contributed by atoms with E-state index in [0.717, 1.165) is 0 Å². The van der Waals surface area contributed by atoms with Gasteiger partial charge in [0.05, 0.1) is 17.9 Å². The number of carbonyl (C=O) groups is 2. The van der Waals surface area contributed by atoms with Gasteiger partial charge in [-0.3, -0.25) is 9.48 Å². The Morgan fingerprint density at radius 1 is 1.55 bits per heavy atom. The quantitative estimate of drug-likeness (QED) is 0.865. The molecule has 0 spiro atoms. The monoisotopic (exact) mass is 281 g/mol. The molecule has 1 N–H and O–H groups in total. The summed E-state index contributed by atoms with van der Waals surface area (Å²) in [7, 11) is 3.17. The Morgan fingerprint density at radius 2 is 2.25 bits per heavy atom. The fourth-order valence-corrected chi connectivity index (χ4v) is 2.80. The molecule has 0 radical (unpaired) electrons. The van der Waals surface area contributed by atoms with E-state index in [1.165, 1.54) is 12.0 Å². The summed E-state index contributed by atoms with van der Waals surface area (Å²) in [6.07, 6.45) is 2.68. The Balaban J connectivity index is 2.37. The molecule has 1 aliphatic heterocycles. The number of hydrogen-bond acceptors (Lipinski definition) is 4. The number of amides is 1. The van der Waals surface area contributed by atoms with Crippen LogP contribution in [0.3, 0.4) is 0 Å². The lowest BCUT2D eigenvalue weighted by molar-refractivity contribution is -0.151. The van der Waals surface area contributed by atoms with E-state index in [9.17, 15) is 14.7 Å². The third-order valence-electron chi connectivity index (χ3n) is 3.76. The molecule has 0 bridgehead atoms. The van der Waals surface area contributed by atoms with Crippen molar-refractivity contribution in [3.8, 4) is 0 Å². The lowest BCUT2D eigenvalue weighted by Gasteiger charge is -2.33. The van der Waals surface area contributed by atoms with Crippen LogP contribution < -0.4 is 0 Å². The molecule has 7 nitrogen and oxygen atoms in total. The number of ether oxygens (including phenoxy) is 1. The highest BCUT2D eigenvalue weighted by Crippen LogP contribution is 2.32. The largest absolute Gasteiger partial charge is 0.479 e. The molecule has 0 saturated carbocycles. The van der Waals surface area contributed by atoms with E-state index in [1.807, 2.05) is 0 Å². The Bertz CT molecular complexity index is 540. The number of carbonyl (C=O) groups excluding carboxylic acids is 1. The Hall–Kier alpha value is -1.89. The number of likely N-dealkylation sites (tertiary alicyclic amines) is 1. The van der Waals surface area contributed by atoms with Crippen molar-refractivity contribution >= 4 is 11.9 Å². The van der Waals surface area contributed by atoms with Crippen LogP contribution in [-0.2, 0) is 16.6 Å². The first-order chi connectivity index (χ1) is 9.42. The zero-order valence-electron chi connectivity index (χ0n) is 11.9. The average Bonchev–Trinajstić information content (AvgIpc) is 2.93. The van der Waals surface area contributed by atoms with E-state index in [4.69, 9.17) is 4.74 Å². The van der Waals surface area contributed by atoms with Crippen molar-refractivity contribution in [2.75, 3.05) is 20.3 Å². The standard InChI is InChI=1S/C13H19N3O4/c1-9-10(7-15(2)14-9)11(17)16-6-4-5-13(16,8-20-3)12(18)19/h7H,4-6,8H2,1-3H3,(H,18,19). The third kappa shape index (κ3) is 2.18. The molecule has 0 aliphatic carbocycles. The topological polar surface area (TPSA) is 84.7 Å². The van der Waals surface area contributed by atoms with Crippen LogP contribution in [0.5, 0.6) is 0 Å². The number of hydrogen-bond donors (Lipinski definition) is 1. The maximum atomic E-state index is 12.6. The molecule has 110 valence electrons. The summed E-state index contributed by atoms with van der Waals surface area (Å²) in [5.41, 5.74) is -0.231. The molecule has 2 heterocycles. The van der Waals surface area contributed by atoms with Crippen molar-refractivity contribution in [2.45, 2.75) is 25.3 Å². The summed E-state index contributed by atoms with van der Waals surface area (Å²) in [4.78, 5) is 25.7. The molecule has 0 aromatic carbocycles. The number of aryl methyl sites for hydroxylation is 2. The molecular weight excluding hydrogens is 262 g/mol. The van der Waals surface area contributed by atoms with Gasteiger partial charge in [-0.1, -0.05) is 0 Å². The maximum absolute atomic E-state index is 12.6. The molecule has 1 unspecified atom stereocenters. The molecule has 1 amide bonds. The van der Waals surface area contributed by atoms with Crippen molar-refractivity contribution < 1.29 is 19.4 Å². The van der Waals surface area contributed by atoms with Crippen LogP contribution in [0.1, 0.15) is 28.9 Å².